The van der Waals surface area contributed by atoms with Crippen LogP contribution in [-0.4, -0.2) is 18.1 Å². The Morgan fingerprint density at radius 3 is 2.94 bits per heavy atom. The molecule has 1 aromatic heterocycles. The zero-order chi connectivity index (χ0) is 11.5. The van der Waals surface area contributed by atoms with E-state index in [0.717, 1.165) is 12.5 Å². The molecule has 1 aliphatic heterocycles. The van der Waals surface area contributed by atoms with E-state index in [1.807, 2.05) is 11.3 Å². The quantitative estimate of drug-likeness (QED) is 0.875. The predicted molar refractivity (Wildman–Crippen MR) is 70.2 cm³/mol. The molecule has 3 heteroatoms. The van der Waals surface area contributed by atoms with Crippen LogP contribution < -0.4 is 5.32 Å². The molecule has 90 valence electrons. The Morgan fingerprint density at radius 1 is 1.50 bits per heavy atom. The van der Waals surface area contributed by atoms with Gasteiger partial charge in [-0.25, -0.2) is 4.98 Å². The van der Waals surface area contributed by atoms with Gasteiger partial charge >= 0.3 is 0 Å². The zero-order valence-electron chi connectivity index (χ0n) is 10.5. The highest BCUT2D eigenvalue weighted by molar-refractivity contribution is 7.11. The predicted octanol–water partition coefficient (Wildman–Crippen LogP) is 3.12. The van der Waals surface area contributed by atoms with Gasteiger partial charge in [-0.05, 0) is 38.6 Å². The van der Waals surface area contributed by atoms with E-state index in [1.165, 1.54) is 41.4 Å². The zero-order valence-corrected chi connectivity index (χ0v) is 11.4. The summed E-state index contributed by atoms with van der Waals surface area (Å²) in [6, 6.07) is 0. The van der Waals surface area contributed by atoms with Gasteiger partial charge in [0.15, 0.2) is 0 Å². The first-order chi connectivity index (χ1) is 7.66. The van der Waals surface area contributed by atoms with Crippen molar-refractivity contribution in [3.8, 4) is 0 Å². The molecule has 16 heavy (non-hydrogen) atoms. The molecule has 0 spiro atoms. The number of rotatable bonds is 3. The second-order valence-corrected chi connectivity index (χ2v) is 6.47. The molecule has 1 N–H and O–H groups in total. The summed E-state index contributed by atoms with van der Waals surface area (Å²) >= 11 is 1.90. The van der Waals surface area contributed by atoms with Gasteiger partial charge in [0.1, 0.15) is 0 Å². The minimum absolute atomic E-state index is 0.660. The number of nitrogens with one attached hydrogen (secondary N) is 1. The van der Waals surface area contributed by atoms with Gasteiger partial charge < -0.3 is 5.32 Å². The molecule has 1 unspecified atom stereocenters. The van der Waals surface area contributed by atoms with Crippen LogP contribution in [0.1, 0.15) is 48.2 Å². The van der Waals surface area contributed by atoms with Crippen molar-refractivity contribution in [1.82, 2.24) is 10.3 Å². The highest BCUT2D eigenvalue weighted by atomic mass is 32.1. The summed E-state index contributed by atoms with van der Waals surface area (Å²) in [6.07, 6.45) is 3.79. The summed E-state index contributed by atoms with van der Waals surface area (Å²) < 4.78 is 0. The molecule has 0 aromatic carbocycles. The third-order valence-electron chi connectivity index (χ3n) is 3.11. The first-order valence-electron chi connectivity index (χ1n) is 6.33. The van der Waals surface area contributed by atoms with E-state index >= 15 is 0 Å². The fraction of sp³-hybridized carbons (Fsp3) is 0.769. The van der Waals surface area contributed by atoms with Crippen LogP contribution in [0, 0.1) is 12.8 Å². The van der Waals surface area contributed by atoms with Gasteiger partial charge in [0.05, 0.1) is 10.7 Å². The van der Waals surface area contributed by atoms with Crippen LogP contribution in [0.3, 0.4) is 0 Å². The highest BCUT2D eigenvalue weighted by Crippen LogP contribution is 2.30. The van der Waals surface area contributed by atoms with Crippen LogP contribution in [0.25, 0.3) is 0 Å². The van der Waals surface area contributed by atoms with E-state index < -0.39 is 0 Å². The van der Waals surface area contributed by atoms with Crippen molar-refractivity contribution < 1.29 is 0 Å². The van der Waals surface area contributed by atoms with E-state index in [4.69, 9.17) is 4.98 Å². The third kappa shape index (κ3) is 2.83. The van der Waals surface area contributed by atoms with Crippen LogP contribution in [0.15, 0.2) is 0 Å². The second-order valence-electron chi connectivity index (χ2n) is 5.18. The SMILES string of the molecule is Cc1nc(C2CCCNC2)c(CC(C)C)s1. The maximum Gasteiger partial charge on any atom is 0.0900 e. The van der Waals surface area contributed by atoms with Crippen LogP contribution in [0.5, 0.6) is 0 Å². The fourth-order valence-corrected chi connectivity index (χ4v) is 3.64. The Labute approximate surface area is 102 Å². The molecule has 0 saturated carbocycles. The summed E-state index contributed by atoms with van der Waals surface area (Å²) in [5, 5.41) is 4.72. The molecule has 0 radical (unpaired) electrons. The molecule has 1 aliphatic rings. The van der Waals surface area contributed by atoms with Crippen molar-refractivity contribution in [3.63, 3.8) is 0 Å². The van der Waals surface area contributed by atoms with Gasteiger partial charge in [-0.2, -0.15) is 0 Å². The lowest BCUT2D eigenvalue weighted by Gasteiger charge is -2.22. The average molecular weight is 238 g/mol. The molecule has 2 nitrogen and oxygen atoms in total. The normalized spacial score (nSPS) is 21.6. The molecule has 0 amide bonds. The lowest BCUT2D eigenvalue weighted by Crippen LogP contribution is -2.29. The highest BCUT2D eigenvalue weighted by Gasteiger charge is 2.21. The van der Waals surface area contributed by atoms with Crippen molar-refractivity contribution >= 4 is 11.3 Å². The Bertz CT molecular complexity index is 338. The minimum Gasteiger partial charge on any atom is -0.316 e. The summed E-state index contributed by atoms with van der Waals surface area (Å²) in [5.41, 5.74) is 1.39. The van der Waals surface area contributed by atoms with Gasteiger partial charge in [0.25, 0.3) is 0 Å². The van der Waals surface area contributed by atoms with Gasteiger partial charge in [-0.15, -0.1) is 11.3 Å². The van der Waals surface area contributed by atoms with Gasteiger partial charge in [-0.3, -0.25) is 0 Å². The van der Waals surface area contributed by atoms with Gasteiger partial charge in [-0.1, -0.05) is 13.8 Å². The first kappa shape index (κ1) is 12.1. The number of hydrogen-bond donors (Lipinski definition) is 1. The minimum atomic E-state index is 0.660. The standard InChI is InChI=1S/C13H22N2S/c1-9(2)7-12-13(15-10(3)16-12)11-5-4-6-14-8-11/h9,11,14H,4-8H2,1-3H3. The van der Waals surface area contributed by atoms with Crippen molar-refractivity contribution in [2.75, 3.05) is 13.1 Å². The fourth-order valence-electron chi connectivity index (χ4n) is 2.41. The molecular formula is C13H22N2S. The van der Waals surface area contributed by atoms with Crippen LogP contribution >= 0.6 is 11.3 Å². The number of nitrogens with zero attached hydrogens (tertiary/aromatic N) is 1. The third-order valence-corrected chi connectivity index (χ3v) is 4.12. The van der Waals surface area contributed by atoms with Crippen molar-refractivity contribution in [2.24, 2.45) is 5.92 Å². The average Bonchev–Trinajstić information content (AvgIpc) is 2.60. The molecule has 0 bridgehead atoms. The molecule has 1 aromatic rings. The van der Waals surface area contributed by atoms with E-state index in [9.17, 15) is 0 Å². The van der Waals surface area contributed by atoms with Crippen molar-refractivity contribution in [1.29, 1.82) is 0 Å². The number of aryl methyl sites for hydroxylation is 1. The molecule has 0 aliphatic carbocycles. The lowest BCUT2D eigenvalue weighted by molar-refractivity contribution is 0.452. The number of thiazole rings is 1. The Kier molecular flexibility index (Phi) is 3.98. The van der Waals surface area contributed by atoms with E-state index in [1.54, 1.807) is 0 Å². The Morgan fingerprint density at radius 2 is 2.31 bits per heavy atom. The van der Waals surface area contributed by atoms with Gasteiger partial charge in [0.2, 0.25) is 0 Å². The summed E-state index contributed by atoms with van der Waals surface area (Å²) in [5.74, 6) is 1.39. The molecule has 2 rings (SSSR count). The lowest BCUT2D eigenvalue weighted by atomic mass is 9.93. The van der Waals surface area contributed by atoms with Crippen LogP contribution in [0.2, 0.25) is 0 Å². The van der Waals surface area contributed by atoms with E-state index in [0.29, 0.717) is 5.92 Å². The number of hydrogen-bond acceptors (Lipinski definition) is 3. The Balaban J connectivity index is 2.17. The van der Waals surface area contributed by atoms with E-state index in [-0.39, 0.29) is 0 Å². The molecule has 1 atom stereocenters. The van der Waals surface area contributed by atoms with Crippen molar-refractivity contribution in [2.45, 2.75) is 46.0 Å². The summed E-state index contributed by atoms with van der Waals surface area (Å²) in [4.78, 5) is 6.29. The number of aromatic nitrogens is 1. The number of piperidine rings is 1. The smallest absolute Gasteiger partial charge is 0.0900 e. The molecule has 2 heterocycles. The second kappa shape index (κ2) is 5.28. The maximum atomic E-state index is 4.77. The van der Waals surface area contributed by atoms with Crippen LogP contribution in [-0.2, 0) is 6.42 Å². The first-order valence-corrected chi connectivity index (χ1v) is 7.15. The topological polar surface area (TPSA) is 24.9 Å². The molecule has 1 fully saturated rings. The Hall–Kier alpha value is -0.410. The van der Waals surface area contributed by atoms with Crippen molar-refractivity contribution in [3.05, 3.63) is 15.6 Å². The molecular weight excluding hydrogens is 216 g/mol. The maximum absolute atomic E-state index is 4.77. The van der Waals surface area contributed by atoms with Gasteiger partial charge in [0, 0.05) is 17.3 Å². The summed E-state index contributed by atoms with van der Waals surface area (Å²) in [7, 11) is 0. The monoisotopic (exact) mass is 238 g/mol. The van der Waals surface area contributed by atoms with Crippen LogP contribution in [0.4, 0.5) is 0 Å². The van der Waals surface area contributed by atoms with E-state index in [2.05, 4.69) is 26.1 Å². The summed E-state index contributed by atoms with van der Waals surface area (Å²) in [6.45, 7) is 9.01. The largest absolute Gasteiger partial charge is 0.316 e. The molecule has 1 saturated heterocycles.